The van der Waals surface area contributed by atoms with Crippen LogP contribution in [0.3, 0.4) is 0 Å². The number of benzene rings is 1. The third-order valence-corrected chi connectivity index (χ3v) is 4.95. The Bertz CT molecular complexity index is 650. The fourth-order valence-electron chi connectivity index (χ4n) is 3.16. The van der Waals surface area contributed by atoms with Crippen LogP contribution in [-0.2, 0) is 16.1 Å². The Kier molecular flexibility index (Phi) is 8.72. The molecule has 4 amide bonds. The van der Waals surface area contributed by atoms with Crippen molar-refractivity contribution in [3.63, 3.8) is 0 Å². The van der Waals surface area contributed by atoms with Crippen molar-refractivity contribution in [1.29, 1.82) is 0 Å². The maximum Gasteiger partial charge on any atom is 0.325 e. The fraction of sp³-hybridized carbons (Fsp3) is 0.526. The lowest BCUT2D eigenvalue weighted by atomic mass is 9.93. The van der Waals surface area contributed by atoms with Gasteiger partial charge in [0.15, 0.2) is 0 Å². The quantitative estimate of drug-likeness (QED) is 0.623. The topological polar surface area (TPSA) is 95.7 Å². The molecule has 0 spiro atoms. The summed E-state index contributed by atoms with van der Waals surface area (Å²) in [6.45, 7) is 4.85. The van der Waals surface area contributed by atoms with Crippen molar-refractivity contribution in [3.8, 4) is 0 Å². The number of hydrogen-bond acceptors (Lipinski definition) is 4. The zero-order valence-corrected chi connectivity index (χ0v) is 16.8. The highest BCUT2D eigenvalue weighted by atomic mass is 35.5. The standard InChI is InChI=1S/C19H28N4O3.ClH/c1-3-19(4-2)17(25)23(18(26)21-19)14-16(24)22(12-8-11-20)13-15-9-6-5-7-10-15;/h5-7,9-10H,3-4,8,11-14,20H2,1-2H3,(H,21,26);1H. The van der Waals surface area contributed by atoms with Crippen molar-refractivity contribution in [2.24, 2.45) is 5.73 Å². The molecule has 1 aliphatic heterocycles. The van der Waals surface area contributed by atoms with Gasteiger partial charge in [-0.15, -0.1) is 12.4 Å². The molecule has 0 aliphatic carbocycles. The SMILES string of the molecule is CCC1(CC)NC(=O)N(CC(=O)N(CCCN)Cc2ccccc2)C1=O.Cl. The first-order valence-corrected chi connectivity index (χ1v) is 9.13. The van der Waals surface area contributed by atoms with Crippen LogP contribution in [0.5, 0.6) is 0 Å². The Morgan fingerprint density at radius 2 is 1.81 bits per heavy atom. The van der Waals surface area contributed by atoms with E-state index < -0.39 is 11.6 Å². The van der Waals surface area contributed by atoms with Gasteiger partial charge >= 0.3 is 6.03 Å². The van der Waals surface area contributed by atoms with Gasteiger partial charge in [-0.3, -0.25) is 14.5 Å². The molecule has 0 radical (unpaired) electrons. The van der Waals surface area contributed by atoms with E-state index in [1.54, 1.807) is 4.90 Å². The average molecular weight is 397 g/mol. The van der Waals surface area contributed by atoms with Crippen molar-refractivity contribution < 1.29 is 14.4 Å². The first kappa shape index (κ1) is 22.9. The summed E-state index contributed by atoms with van der Waals surface area (Å²) in [6, 6.07) is 9.12. The predicted molar refractivity (Wildman–Crippen MR) is 106 cm³/mol. The normalized spacial score (nSPS) is 15.3. The first-order valence-electron chi connectivity index (χ1n) is 9.13. The molecule has 0 atom stereocenters. The summed E-state index contributed by atoms with van der Waals surface area (Å²) in [5.41, 5.74) is 5.69. The van der Waals surface area contributed by atoms with E-state index in [0.29, 0.717) is 38.9 Å². The van der Waals surface area contributed by atoms with Crippen LogP contribution < -0.4 is 11.1 Å². The highest BCUT2D eigenvalue weighted by Gasteiger charge is 2.49. The summed E-state index contributed by atoms with van der Waals surface area (Å²) in [7, 11) is 0. The molecular formula is C19H29ClN4O3. The van der Waals surface area contributed by atoms with E-state index in [2.05, 4.69) is 5.32 Å². The summed E-state index contributed by atoms with van der Waals surface area (Å²) in [5.74, 6) is -0.576. The summed E-state index contributed by atoms with van der Waals surface area (Å²) >= 11 is 0. The molecule has 27 heavy (non-hydrogen) atoms. The van der Waals surface area contributed by atoms with Gasteiger partial charge < -0.3 is 16.0 Å². The Balaban J connectivity index is 0.00000364. The minimum Gasteiger partial charge on any atom is -0.337 e. The molecule has 150 valence electrons. The lowest BCUT2D eigenvalue weighted by molar-refractivity contribution is -0.139. The molecule has 1 aliphatic rings. The van der Waals surface area contributed by atoms with Crippen LogP contribution in [0.2, 0.25) is 0 Å². The summed E-state index contributed by atoms with van der Waals surface area (Å²) in [5, 5.41) is 2.75. The van der Waals surface area contributed by atoms with Crippen molar-refractivity contribution in [3.05, 3.63) is 35.9 Å². The zero-order valence-electron chi connectivity index (χ0n) is 15.9. The largest absolute Gasteiger partial charge is 0.337 e. The molecule has 7 nitrogen and oxygen atoms in total. The van der Waals surface area contributed by atoms with Crippen molar-refractivity contribution >= 4 is 30.3 Å². The fourth-order valence-corrected chi connectivity index (χ4v) is 3.16. The molecule has 0 unspecified atom stereocenters. The van der Waals surface area contributed by atoms with Crippen LogP contribution in [-0.4, -0.2) is 52.8 Å². The van der Waals surface area contributed by atoms with Crippen LogP contribution in [0, 0.1) is 0 Å². The second-order valence-electron chi connectivity index (χ2n) is 6.55. The second-order valence-corrected chi connectivity index (χ2v) is 6.55. The van der Waals surface area contributed by atoms with Gasteiger partial charge in [-0.1, -0.05) is 44.2 Å². The Labute approximate surface area is 166 Å². The number of carbonyl (C=O) groups is 3. The molecular weight excluding hydrogens is 368 g/mol. The van der Waals surface area contributed by atoms with Gasteiger partial charge in [-0.05, 0) is 31.4 Å². The molecule has 1 aromatic carbocycles. The number of imide groups is 1. The number of rotatable bonds is 9. The Morgan fingerprint density at radius 3 is 2.33 bits per heavy atom. The number of amides is 4. The van der Waals surface area contributed by atoms with Crippen LogP contribution in [0.4, 0.5) is 4.79 Å². The van der Waals surface area contributed by atoms with E-state index in [-0.39, 0.29) is 30.8 Å². The van der Waals surface area contributed by atoms with Crippen molar-refractivity contribution in [2.75, 3.05) is 19.6 Å². The van der Waals surface area contributed by atoms with E-state index in [1.807, 2.05) is 44.2 Å². The van der Waals surface area contributed by atoms with Crippen LogP contribution >= 0.6 is 12.4 Å². The summed E-state index contributed by atoms with van der Waals surface area (Å²) < 4.78 is 0. The lowest BCUT2D eigenvalue weighted by Gasteiger charge is -2.26. The van der Waals surface area contributed by atoms with Crippen LogP contribution in [0.15, 0.2) is 30.3 Å². The van der Waals surface area contributed by atoms with E-state index in [9.17, 15) is 14.4 Å². The molecule has 1 fully saturated rings. The molecule has 8 heteroatoms. The minimum absolute atomic E-state index is 0. The number of halogens is 1. The first-order chi connectivity index (χ1) is 12.5. The second kappa shape index (κ2) is 10.3. The monoisotopic (exact) mass is 396 g/mol. The highest BCUT2D eigenvalue weighted by molar-refractivity contribution is 6.08. The molecule has 1 saturated heterocycles. The maximum atomic E-state index is 12.8. The number of carbonyl (C=O) groups excluding carboxylic acids is 3. The van der Waals surface area contributed by atoms with E-state index >= 15 is 0 Å². The summed E-state index contributed by atoms with van der Waals surface area (Å²) in [4.78, 5) is 40.4. The van der Waals surface area contributed by atoms with Gasteiger partial charge in [-0.25, -0.2) is 4.79 Å². The van der Waals surface area contributed by atoms with E-state index in [0.717, 1.165) is 10.5 Å². The minimum atomic E-state index is -0.890. The molecule has 2 rings (SSSR count). The van der Waals surface area contributed by atoms with Crippen molar-refractivity contribution in [2.45, 2.75) is 45.2 Å². The third-order valence-electron chi connectivity index (χ3n) is 4.95. The lowest BCUT2D eigenvalue weighted by Crippen LogP contribution is -2.47. The van der Waals surface area contributed by atoms with Gasteiger partial charge in [0.05, 0.1) is 0 Å². The number of nitrogens with zero attached hydrogens (tertiary/aromatic N) is 2. The molecule has 1 heterocycles. The zero-order chi connectivity index (χ0) is 19.2. The summed E-state index contributed by atoms with van der Waals surface area (Å²) in [6.07, 6.45) is 1.66. The van der Waals surface area contributed by atoms with Gasteiger partial charge in [0, 0.05) is 13.1 Å². The molecule has 0 bridgehead atoms. The Hall–Kier alpha value is -2.12. The van der Waals surface area contributed by atoms with E-state index in [4.69, 9.17) is 5.73 Å². The van der Waals surface area contributed by atoms with Gasteiger partial charge in [0.2, 0.25) is 5.91 Å². The third kappa shape index (κ3) is 5.20. The van der Waals surface area contributed by atoms with Crippen molar-refractivity contribution in [1.82, 2.24) is 15.1 Å². The highest BCUT2D eigenvalue weighted by Crippen LogP contribution is 2.24. The van der Waals surface area contributed by atoms with Gasteiger partial charge in [-0.2, -0.15) is 0 Å². The number of hydrogen-bond donors (Lipinski definition) is 2. The van der Waals surface area contributed by atoms with Gasteiger partial charge in [0.1, 0.15) is 12.1 Å². The smallest absolute Gasteiger partial charge is 0.325 e. The predicted octanol–water partition coefficient (Wildman–Crippen LogP) is 1.90. The number of nitrogens with one attached hydrogen (secondary N) is 1. The average Bonchev–Trinajstić information content (AvgIpc) is 2.90. The Morgan fingerprint density at radius 1 is 1.19 bits per heavy atom. The number of urea groups is 1. The van der Waals surface area contributed by atoms with E-state index in [1.165, 1.54) is 0 Å². The van der Waals surface area contributed by atoms with Gasteiger partial charge in [0.25, 0.3) is 5.91 Å². The van der Waals surface area contributed by atoms with Crippen LogP contribution in [0.1, 0.15) is 38.7 Å². The molecule has 3 N–H and O–H groups in total. The number of nitrogens with two attached hydrogens (primary N) is 1. The van der Waals surface area contributed by atoms with Crippen LogP contribution in [0.25, 0.3) is 0 Å². The molecule has 0 saturated carbocycles. The molecule has 0 aromatic heterocycles. The molecule has 1 aromatic rings. The maximum absolute atomic E-state index is 12.8.